The first kappa shape index (κ1) is 14.3. The molecule has 2 aliphatic carbocycles. The van der Waals surface area contributed by atoms with E-state index in [1.54, 1.807) is 0 Å². The van der Waals surface area contributed by atoms with Gasteiger partial charge in [-0.05, 0) is 49.7 Å². The zero-order valence-corrected chi connectivity index (χ0v) is 13.8. The highest BCUT2D eigenvalue weighted by Crippen LogP contribution is 2.58. The lowest BCUT2D eigenvalue weighted by molar-refractivity contribution is -0.212. The fourth-order valence-corrected chi connectivity index (χ4v) is 4.88. The quantitative estimate of drug-likeness (QED) is 0.779. The van der Waals surface area contributed by atoms with Crippen molar-refractivity contribution in [1.82, 2.24) is 5.06 Å². The van der Waals surface area contributed by atoms with Crippen molar-refractivity contribution in [1.29, 1.82) is 0 Å². The lowest BCUT2D eigenvalue weighted by Gasteiger charge is -2.40. The van der Waals surface area contributed by atoms with E-state index in [4.69, 9.17) is 9.83 Å². The number of benzene rings is 1. The molecule has 1 saturated carbocycles. The maximum Gasteiger partial charge on any atom is 0.193 e. The number of hydroxylamine groups is 2. The molecule has 3 aliphatic rings. The third-order valence-corrected chi connectivity index (χ3v) is 6.14. The summed E-state index contributed by atoms with van der Waals surface area (Å²) in [7, 11) is 2.02. The van der Waals surface area contributed by atoms with Gasteiger partial charge in [-0.1, -0.05) is 31.2 Å². The summed E-state index contributed by atoms with van der Waals surface area (Å²) in [6.07, 6.45) is 9.28. The standard InChI is InChI=1S/C19H26N2O/c1-3-17-20-19(22-21(17)2)12-6-11-18(19)13-9-15-7-4-5-8-16(15)10-14-18/h4-5,7-8H,3,6,9-14H2,1-2H3. The first-order chi connectivity index (χ1) is 10.7. The van der Waals surface area contributed by atoms with E-state index in [2.05, 4.69) is 31.2 Å². The van der Waals surface area contributed by atoms with Crippen LogP contribution in [0.1, 0.15) is 56.6 Å². The van der Waals surface area contributed by atoms with E-state index in [0.29, 0.717) is 0 Å². The number of aliphatic imine (C=N–C) groups is 1. The third kappa shape index (κ3) is 1.95. The van der Waals surface area contributed by atoms with Crippen molar-refractivity contribution < 1.29 is 4.84 Å². The summed E-state index contributed by atoms with van der Waals surface area (Å²) < 4.78 is 0. The van der Waals surface area contributed by atoms with E-state index in [9.17, 15) is 0 Å². The summed E-state index contributed by atoms with van der Waals surface area (Å²) in [4.78, 5) is 11.5. The van der Waals surface area contributed by atoms with Gasteiger partial charge >= 0.3 is 0 Å². The molecule has 0 radical (unpaired) electrons. The molecule has 1 aromatic carbocycles. The molecule has 22 heavy (non-hydrogen) atoms. The van der Waals surface area contributed by atoms with E-state index in [1.165, 1.54) is 49.7 Å². The summed E-state index contributed by atoms with van der Waals surface area (Å²) in [6.45, 7) is 2.17. The molecular weight excluding hydrogens is 272 g/mol. The molecule has 0 bridgehead atoms. The Morgan fingerprint density at radius 3 is 2.36 bits per heavy atom. The molecule has 0 saturated heterocycles. The van der Waals surface area contributed by atoms with Crippen molar-refractivity contribution >= 4 is 5.84 Å². The van der Waals surface area contributed by atoms with Crippen LogP contribution in [0.15, 0.2) is 29.3 Å². The monoisotopic (exact) mass is 298 g/mol. The molecule has 1 aromatic rings. The molecule has 1 unspecified atom stereocenters. The minimum atomic E-state index is -0.283. The Balaban J connectivity index is 1.68. The van der Waals surface area contributed by atoms with E-state index in [0.717, 1.165) is 18.7 Å². The van der Waals surface area contributed by atoms with Gasteiger partial charge in [-0.2, -0.15) is 0 Å². The largest absolute Gasteiger partial charge is 0.242 e. The van der Waals surface area contributed by atoms with Crippen LogP contribution in [0, 0.1) is 5.41 Å². The van der Waals surface area contributed by atoms with Crippen molar-refractivity contribution in [3.8, 4) is 0 Å². The molecule has 4 rings (SSSR count). The van der Waals surface area contributed by atoms with Crippen molar-refractivity contribution in [2.75, 3.05) is 7.05 Å². The molecule has 1 fully saturated rings. The molecule has 1 atom stereocenters. The zero-order valence-electron chi connectivity index (χ0n) is 13.8. The Morgan fingerprint density at radius 2 is 1.77 bits per heavy atom. The van der Waals surface area contributed by atoms with Gasteiger partial charge in [0.05, 0.1) is 0 Å². The van der Waals surface area contributed by atoms with Crippen LogP contribution in [0.25, 0.3) is 0 Å². The normalized spacial score (nSPS) is 29.7. The Hall–Kier alpha value is -1.35. The molecule has 1 aliphatic heterocycles. The number of fused-ring (bicyclic) bond motifs is 2. The molecule has 2 spiro atoms. The van der Waals surface area contributed by atoms with Crippen molar-refractivity contribution in [3.05, 3.63) is 35.4 Å². The Kier molecular flexibility index (Phi) is 3.30. The lowest BCUT2D eigenvalue weighted by Crippen LogP contribution is -2.44. The maximum absolute atomic E-state index is 6.39. The lowest BCUT2D eigenvalue weighted by atomic mass is 9.73. The fraction of sp³-hybridized carbons (Fsp3) is 0.632. The number of aryl methyl sites for hydroxylation is 2. The number of amidine groups is 1. The molecule has 0 amide bonds. The summed E-state index contributed by atoms with van der Waals surface area (Å²) in [5.74, 6) is 1.11. The molecular formula is C19H26N2O. The van der Waals surface area contributed by atoms with Gasteiger partial charge in [0.1, 0.15) is 5.84 Å². The molecule has 0 N–H and O–H groups in total. The van der Waals surface area contributed by atoms with Crippen LogP contribution >= 0.6 is 0 Å². The molecule has 3 nitrogen and oxygen atoms in total. The first-order valence-electron chi connectivity index (χ1n) is 8.76. The minimum absolute atomic E-state index is 0.219. The second kappa shape index (κ2) is 5.09. The van der Waals surface area contributed by atoms with Crippen molar-refractivity contribution in [3.63, 3.8) is 0 Å². The second-order valence-corrected chi connectivity index (χ2v) is 7.16. The van der Waals surface area contributed by atoms with Crippen molar-refractivity contribution in [2.45, 2.75) is 64.0 Å². The number of rotatable bonds is 1. The summed E-state index contributed by atoms with van der Waals surface area (Å²) in [5.41, 5.74) is 3.01. The number of nitrogens with zero attached hydrogens (tertiary/aromatic N) is 2. The van der Waals surface area contributed by atoms with Crippen LogP contribution < -0.4 is 0 Å². The number of hydrogen-bond donors (Lipinski definition) is 0. The van der Waals surface area contributed by atoms with Crippen LogP contribution in [0.4, 0.5) is 0 Å². The predicted molar refractivity (Wildman–Crippen MR) is 88.7 cm³/mol. The average molecular weight is 298 g/mol. The molecule has 0 aromatic heterocycles. The molecule has 1 heterocycles. The van der Waals surface area contributed by atoms with E-state index in [-0.39, 0.29) is 11.1 Å². The minimum Gasteiger partial charge on any atom is -0.242 e. The summed E-state index contributed by atoms with van der Waals surface area (Å²) in [6, 6.07) is 8.96. The van der Waals surface area contributed by atoms with Gasteiger partial charge in [-0.25, -0.2) is 14.9 Å². The Labute approximate surface area is 133 Å². The fourth-order valence-electron chi connectivity index (χ4n) is 4.88. The van der Waals surface area contributed by atoms with Gasteiger partial charge in [0, 0.05) is 25.3 Å². The van der Waals surface area contributed by atoms with E-state index in [1.807, 2.05) is 12.1 Å². The zero-order chi connectivity index (χ0) is 15.2. The highest BCUT2D eigenvalue weighted by atomic mass is 16.7. The maximum atomic E-state index is 6.39. The van der Waals surface area contributed by atoms with Crippen molar-refractivity contribution in [2.24, 2.45) is 10.4 Å². The topological polar surface area (TPSA) is 24.8 Å². The third-order valence-electron chi connectivity index (χ3n) is 6.14. The average Bonchev–Trinajstić information content (AvgIpc) is 2.97. The van der Waals surface area contributed by atoms with Gasteiger partial charge in [0.25, 0.3) is 0 Å². The van der Waals surface area contributed by atoms with Crippen LogP contribution in [-0.4, -0.2) is 23.7 Å². The van der Waals surface area contributed by atoms with Crippen LogP contribution in [0.3, 0.4) is 0 Å². The van der Waals surface area contributed by atoms with E-state index < -0.39 is 0 Å². The van der Waals surface area contributed by atoms with Crippen LogP contribution in [0.5, 0.6) is 0 Å². The van der Waals surface area contributed by atoms with Gasteiger partial charge in [0.2, 0.25) is 0 Å². The second-order valence-electron chi connectivity index (χ2n) is 7.16. The van der Waals surface area contributed by atoms with Gasteiger partial charge < -0.3 is 0 Å². The highest BCUT2D eigenvalue weighted by Gasteiger charge is 2.59. The van der Waals surface area contributed by atoms with Crippen LogP contribution in [-0.2, 0) is 17.7 Å². The Bertz CT molecular complexity index is 582. The van der Waals surface area contributed by atoms with Gasteiger partial charge in [0.15, 0.2) is 5.72 Å². The first-order valence-corrected chi connectivity index (χ1v) is 8.76. The van der Waals surface area contributed by atoms with Gasteiger partial charge in [-0.15, -0.1) is 0 Å². The molecule has 118 valence electrons. The van der Waals surface area contributed by atoms with Crippen LogP contribution in [0.2, 0.25) is 0 Å². The molecule has 3 heteroatoms. The van der Waals surface area contributed by atoms with Gasteiger partial charge in [-0.3, -0.25) is 0 Å². The summed E-state index contributed by atoms with van der Waals surface area (Å²) >= 11 is 0. The van der Waals surface area contributed by atoms with E-state index >= 15 is 0 Å². The summed E-state index contributed by atoms with van der Waals surface area (Å²) in [5, 5.41) is 1.94. The number of hydrogen-bond acceptors (Lipinski definition) is 3. The smallest absolute Gasteiger partial charge is 0.193 e. The highest BCUT2D eigenvalue weighted by molar-refractivity contribution is 5.82. The SMILES string of the molecule is CCC1=NC2(CCCC23CCc2ccccc2CC3)ON1C. The predicted octanol–water partition coefficient (Wildman–Crippen LogP) is 4.12. The Morgan fingerprint density at radius 1 is 1.09 bits per heavy atom.